The summed E-state index contributed by atoms with van der Waals surface area (Å²) >= 11 is 1.60. The van der Waals surface area contributed by atoms with Crippen LogP contribution < -0.4 is 10.6 Å². The van der Waals surface area contributed by atoms with Gasteiger partial charge in [0.2, 0.25) is 5.91 Å². The Balaban J connectivity index is 1.57. The van der Waals surface area contributed by atoms with E-state index >= 15 is 0 Å². The lowest BCUT2D eigenvalue weighted by Gasteiger charge is -2.18. The number of carbonyl (C=O) groups excluding carboxylic acids is 2. The van der Waals surface area contributed by atoms with Crippen molar-refractivity contribution in [2.75, 3.05) is 6.54 Å². The van der Waals surface area contributed by atoms with Crippen LogP contribution in [0.15, 0.2) is 70.9 Å². The molecule has 0 bridgehead atoms. The van der Waals surface area contributed by atoms with Crippen LogP contribution in [0.5, 0.6) is 0 Å². The highest BCUT2D eigenvalue weighted by atomic mass is 32.1. The number of rotatable bonds is 7. The van der Waals surface area contributed by atoms with Crippen molar-refractivity contribution in [2.45, 2.75) is 12.5 Å². The molecule has 2 heterocycles. The highest BCUT2D eigenvalue weighted by molar-refractivity contribution is 7.10. The molecule has 5 nitrogen and oxygen atoms in total. The third-order valence-corrected chi connectivity index (χ3v) is 4.62. The molecule has 0 saturated carbocycles. The lowest BCUT2D eigenvalue weighted by molar-refractivity contribution is -0.121. The van der Waals surface area contributed by atoms with E-state index in [1.807, 2.05) is 47.8 Å². The summed E-state index contributed by atoms with van der Waals surface area (Å²) in [6.45, 7) is 0.266. The number of benzene rings is 1. The maximum atomic E-state index is 12.3. The Morgan fingerprint density at radius 1 is 1.08 bits per heavy atom. The molecule has 2 aromatic heterocycles. The first-order valence-electron chi connectivity index (χ1n) is 7.92. The fraction of sp³-hybridized carbons (Fsp3) is 0.158. The first-order chi connectivity index (χ1) is 12.2. The smallest absolute Gasteiger partial charge is 0.254 e. The van der Waals surface area contributed by atoms with E-state index in [0.29, 0.717) is 5.56 Å². The van der Waals surface area contributed by atoms with E-state index in [0.717, 1.165) is 10.4 Å². The first-order valence-corrected chi connectivity index (χ1v) is 8.80. The summed E-state index contributed by atoms with van der Waals surface area (Å²) in [7, 11) is 0. The van der Waals surface area contributed by atoms with Crippen LogP contribution in [-0.2, 0) is 4.79 Å². The molecule has 3 aromatic rings. The molecule has 0 aliphatic rings. The third-order valence-electron chi connectivity index (χ3n) is 3.69. The molecule has 0 aliphatic heterocycles. The van der Waals surface area contributed by atoms with Crippen molar-refractivity contribution in [3.05, 3.63) is 82.4 Å². The Morgan fingerprint density at radius 2 is 1.92 bits per heavy atom. The Labute approximate surface area is 149 Å². The van der Waals surface area contributed by atoms with Crippen LogP contribution in [0.2, 0.25) is 0 Å². The Morgan fingerprint density at radius 3 is 2.60 bits per heavy atom. The van der Waals surface area contributed by atoms with E-state index in [2.05, 4.69) is 10.6 Å². The normalized spacial score (nSPS) is 11.7. The number of furan rings is 1. The van der Waals surface area contributed by atoms with Gasteiger partial charge < -0.3 is 15.1 Å². The van der Waals surface area contributed by atoms with Gasteiger partial charge in [0, 0.05) is 17.8 Å². The first kappa shape index (κ1) is 17.0. The maximum absolute atomic E-state index is 12.3. The van der Waals surface area contributed by atoms with Crippen molar-refractivity contribution in [1.29, 1.82) is 0 Å². The number of thiophene rings is 1. The molecule has 2 amide bonds. The van der Waals surface area contributed by atoms with Gasteiger partial charge in [0.1, 0.15) is 6.26 Å². The van der Waals surface area contributed by atoms with Crippen LogP contribution in [0, 0.1) is 0 Å². The fourth-order valence-electron chi connectivity index (χ4n) is 2.44. The molecule has 0 spiro atoms. The molecular formula is C19H18N2O3S. The van der Waals surface area contributed by atoms with Gasteiger partial charge in [0.05, 0.1) is 17.9 Å². The van der Waals surface area contributed by atoms with E-state index < -0.39 is 0 Å². The molecule has 25 heavy (non-hydrogen) atoms. The monoisotopic (exact) mass is 354 g/mol. The molecule has 1 aromatic carbocycles. The third kappa shape index (κ3) is 4.58. The molecule has 0 unspecified atom stereocenters. The molecule has 2 N–H and O–H groups in total. The maximum Gasteiger partial charge on any atom is 0.254 e. The molecule has 128 valence electrons. The van der Waals surface area contributed by atoms with Gasteiger partial charge in [-0.25, -0.2) is 0 Å². The quantitative estimate of drug-likeness (QED) is 0.683. The molecular weight excluding hydrogens is 336 g/mol. The molecule has 0 radical (unpaired) electrons. The average molecular weight is 354 g/mol. The summed E-state index contributed by atoms with van der Waals surface area (Å²) in [6.07, 6.45) is 3.02. The van der Waals surface area contributed by atoms with Crippen molar-refractivity contribution >= 4 is 23.2 Å². The average Bonchev–Trinajstić information content (AvgIpc) is 3.34. The van der Waals surface area contributed by atoms with Crippen molar-refractivity contribution in [3.8, 4) is 0 Å². The van der Waals surface area contributed by atoms with Gasteiger partial charge in [-0.15, -0.1) is 11.3 Å². The minimum Gasteiger partial charge on any atom is -0.472 e. The van der Waals surface area contributed by atoms with E-state index in [-0.39, 0.29) is 30.8 Å². The molecule has 6 heteroatoms. The van der Waals surface area contributed by atoms with Crippen LogP contribution in [0.3, 0.4) is 0 Å². The number of carbonyl (C=O) groups is 2. The van der Waals surface area contributed by atoms with Gasteiger partial charge in [-0.2, -0.15) is 0 Å². The highest BCUT2D eigenvalue weighted by Gasteiger charge is 2.17. The van der Waals surface area contributed by atoms with Gasteiger partial charge in [-0.3, -0.25) is 9.59 Å². The Bertz CT molecular complexity index is 799. The van der Waals surface area contributed by atoms with Crippen LogP contribution in [0.25, 0.3) is 0 Å². The van der Waals surface area contributed by atoms with Crippen molar-refractivity contribution in [1.82, 2.24) is 10.6 Å². The van der Waals surface area contributed by atoms with E-state index in [1.54, 1.807) is 17.4 Å². The molecule has 1 atom stereocenters. The SMILES string of the molecule is O=C(CCNC(=O)c1ccoc1)N[C@H](c1ccccc1)c1cccs1. The zero-order valence-electron chi connectivity index (χ0n) is 13.5. The lowest BCUT2D eigenvalue weighted by Crippen LogP contribution is -2.33. The van der Waals surface area contributed by atoms with Gasteiger partial charge in [0.15, 0.2) is 0 Å². The molecule has 3 rings (SSSR count). The summed E-state index contributed by atoms with van der Waals surface area (Å²) in [5, 5.41) is 7.74. The van der Waals surface area contributed by atoms with Gasteiger partial charge in [-0.05, 0) is 23.1 Å². The summed E-state index contributed by atoms with van der Waals surface area (Å²) in [6, 6.07) is 15.2. The summed E-state index contributed by atoms with van der Waals surface area (Å²) in [5.74, 6) is -0.367. The topological polar surface area (TPSA) is 71.3 Å². The standard InChI is InChI=1S/C19H18N2O3S/c22-17(8-10-20-19(23)15-9-11-24-13-15)21-18(16-7-4-12-25-16)14-5-2-1-3-6-14/h1-7,9,11-13,18H,8,10H2,(H,20,23)(H,21,22)/t18-/m1/s1. The van der Waals surface area contributed by atoms with Crippen LogP contribution in [-0.4, -0.2) is 18.4 Å². The lowest BCUT2D eigenvalue weighted by atomic mass is 10.1. The highest BCUT2D eigenvalue weighted by Crippen LogP contribution is 2.25. The van der Waals surface area contributed by atoms with Crippen molar-refractivity contribution < 1.29 is 14.0 Å². The predicted molar refractivity (Wildman–Crippen MR) is 96.4 cm³/mol. The van der Waals surface area contributed by atoms with Gasteiger partial charge in [0.25, 0.3) is 5.91 Å². The molecule has 0 fully saturated rings. The number of amides is 2. The van der Waals surface area contributed by atoms with E-state index in [9.17, 15) is 9.59 Å². The second kappa shape index (κ2) is 8.30. The van der Waals surface area contributed by atoms with Crippen LogP contribution >= 0.6 is 11.3 Å². The zero-order valence-corrected chi connectivity index (χ0v) is 14.3. The van der Waals surface area contributed by atoms with Gasteiger partial charge in [-0.1, -0.05) is 36.4 Å². The summed E-state index contributed by atoms with van der Waals surface area (Å²) in [5.41, 5.74) is 1.47. The second-order valence-corrected chi connectivity index (χ2v) is 6.42. The number of nitrogens with one attached hydrogen (secondary N) is 2. The summed E-state index contributed by atoms with van der Waals surface area (Å²) < 4.78 is 4.87. The minimum absolute atomic E-state index is 0.116. The fourth-order valence-corrected chi connectivity index (χ4v) is 3.24. The second-order valence-electron chi connectivity index (χ2n) is 5.44. The zero-order chi connectivity index (χ0) is 17.5. The van der Waals surface area contributed by atoms with Crippen molar-refractivity contribution in [3.63, 3.8) is 0 Å². The predicted octanol–water partition coefficient (Wildman–Crippen LogP) is 3.37. The minimum atomic E-state index is -0.251. The molecule has 0 aliphatic carbocycles. The van der Waals surface area contributed by atoms with E-state index in [4.69, 9.17) is 4.42 Å². The Kier molecular flexibility index (Phi) is 5.64. The van der Waals surface area contributed by atoms with Gasteiger partial charge >= 0.3 is 0 Å². The van der Waals surface area contributed by atoms with Crippen molar-refractivity contribution in [2.24, 2.45) is 0 Å². The number of hydrogen-bond donors (Lipinski definition) is 2. The van der Waals surface area contributed by atoms with Crippen LogP contribution in [0.1, 0.15) is 33.3 Å². The van der Waals surface area contributed by atoms with Crippen LogP contribution in [0.4, 0.5) is 0 Å². The number of hydrogen-bond acceptors (Lipinski definition) is 4. The Hall–Kier alpha value is -2.86. The van der Waals surface area contributed by atoms with E-state index in [1.165, 1.54) is 12.5 Å². The largest absolute Gasteiger partial charge is 0.472 e. The summed E-state index contributed by atoms with van der Waals surface area (Å²) in [4.78, 5) is 25.2. The molecule has 0 saturated heterocycles.